The van der Waals surface area contributed by atoms with Gasteiger partial charge in [-0.05, 0) is 48.6 Å². The molecule has 0 radical (unpaired) electrons. The van der Waals surface area contributed by atoms with E-state index in [0.717, 1.165) is 19.5 Å². The summed E-state index contributed by atoms with van der Waals surface area (Å²) in [5.74, 6) is 0.594. The molecule has 0 spiro atoms. The molecule has 0 aromatic heterocycles. The van der Waals surface area contributed by atoms with Crippen molar-refractivity contribution in [2.75, 3.05) is 18.0 Å². The van der Waals surface area contributed by atoms with E-state index in [9.17, 15) is 0 Å². The van der Waals surface area contributed by atoms with Gasteiger partial charge in [0.05, 0.1) is 0 Å². The van der Waals surface area contributed by atoms with Gasteiger partial charge in [0.1, 0.15) is 0 Å². The topological polar surface area (TPSA) is 15.3 Å². The lowest BCUT2D eigenvalue weighted by Gasteiger charge is -2.36. The molecule has 1 aliphatic heterocycles. The molecule has 3 aromatic rings. The van der Waals surface area contributed by atoms with Gasteiger partial charge in [-0.1, -0.05) is 66.7 Å². The van der Waals surface area contributed by atoms with Crippen molar-refractivity contribution in [3.05, 3.63) is 96.1 Å². The molecule has 2 atom stereocenters. The van der Waals surface area contributed by atoms with Gasteiger partial charge in [-0.3, -0.25) is 0 Å². The first-order valence-corrected chi connectivity index (χ1v) is 9.50. The third-order valence-electron chi connectivity index (χ3n) is 5.31. The van der Waals surface area contributed by atoms with Crippen molar-refractivity contribution in [3.63, 3.8) is 0 Å². The molecule has 0 bridgehead atoms. The Morgan fingerprint density at radius 1 is 0.885 bits per heavy atom. The average Bonchev–Trinajstić information content (AvgIpc) is 2.72. The zero-order chi connectivity index (χ0) is 17.8. The molecule has 0 aliphatic carbocycles. The Balaban J connectivity index is 1.50. The first kappa shape index (κ1) is 16.9. The maximum Gasteiger partial charge on any atom is 0.0443 e. The fourth-order valence-electron chi connectivity index (χ4n) is 3.87. The predicted molar refractivity (Wildman–Crippen MR) is 110 cm³/mol. The van der Waals surface area contributed by atoms with E-state index in [0.29, 0.717) is 12.0 Å². The zero-order valence-electron chi connectivity index (χ0n) is 15.3. The quantitative estimate of drug-likeness (QED) is 0.672. The van der Waals surface area contributed by atoms with E-state index in [2.05, 4.69) is 102 Å². The molecule has 132 valence electrons. The Bertz CT molecular complexity index is 829. The zero-order valence-corrected chi connectivity index (χ0v) is 15.3. The highest BCUT2D eigenvalue weighted by molar-refractivity contribution is 5.67. The van der Waals surface area contributed by atoms with Gasteiger partial charge in [0.25, 0.3) is 0 Å². The van der Waals surface area contributed by atoms with Gasteiger partial charge in [0.15, 0.2) is 0 Å². The second-order valence-electron chi connectivity index (χ2n) is 7.19. The van der Waals surface area contributed by atoms with Gasteiger partial charge in [0.2, 0.25) is 0 Å². The van der Waals surface area contributed by atoms with Gasteiger partial charge < -0.3 is 10.2 Å². The number of benzene rings is 3. The lowest BCUT2D eigenvalue weighted by molar-refractivity contribution is 0.436. The van der Waals surface area contributed by atoms with Crippen LogP contribution in [0.15, 0.2) is 84.9 Å². The SMILES string of the molecule is C[C@@H](NCC1Cc2ccccc2N(c2ccccc2)C1)c1ccccc1. The third-order valence-corrected chi connectivity index (χ3v) is 5.31. The Morgan fingerprint density at radius 2 is 1.54 bits per heavy atom. The first-order chi connectivity index (χ1) is 12.8. The summed E-state index contributed by atoms with van der Waals surface area (Å²) in [6, 6.07) is 30.6. The van der Waals surface area contributed by atoms with Gasteiger partial charge in [-0.2, -0.15) is 0 Å². The summed E-state index contributed by atoms with van der Waals surface area (Å²) in [7, 11) is 0. The highest BCUT2D eigenvalue weighted by Crippen LogP contribution is 2.35. The first-order valence-electron chi connectivity index (χ1n) is 9.50. The minimum Gasteiger partial charge on any atom is -0.341 e. The third kappa shape index (κ3) is 3.66. The molecule has 0 amide bonds. The van der Waals surface area contributed by atoms with Crippen molar-refractivity contribution in [2.24, 2.45) is 5.92 Å². The molecule has 0 fully saturated rings. The van der Waals surface area contributed by atoms with Gasteiger partial charge in [0, 0.05) is 30.5 Å². The summed E-state index contributed by atoms with van der Waals surface area (Å²) in [5, 5.41) is 3.74. The van der Waals surface area contributed by atoms with Crippen LogP contribution in [0.3, 0.4) is 0 Å². The summed E-state index contributed by atoms with van der Waals surface area (Å²) in [5.41, 5.74) is 5.43. The number of rotatable bonds is 5. The Labute approximate surface area is 156 Å². The summed E-state index contributed by atoms with van der Waals surface area (Å²) in [6.07, 6.45) is 1.13. The van der Waals surface area contributed by atoms with Crippen LogP contribution in [0.25, 0.3) is 0 Å². The van der Waals surface area contributed by atoms with E-state index in [1.807, 2.05) is 0 Å². The van der Waals surface area contributed by atoms with E-state index >= 15 is 0 Å². The van der Waals surface area contributed by atoms with Crippen molar-refractivity contribution in [1.82, 2.24) is 5.32 Å². The van der Waals surface area contributed by atoms with Gasteiger partial charge in [-0.15, -0.1) is 0 Å². The van der Waals surface area contributed by atoms with E-state index < -0.39 is 0 Å². The molecule has 2 nitrogen and oxygen atoms in total. The number of nitrogens with one attached hydrogen (secondary N) is 1. The van der Waals surface area contributed by atoms with E-state index in [1.165, 1.54) is 22.5 Å². The molecule has 1 unspecified atom stereocenters. The number of nitrogens with zero attached hydrogens (tertiary/aromatic N) is 1. The molecule has 3 aromatic carbocycles. The molecule has 26 heavy (non-hydrogen) atoms. The Kier molecular flexibility index (Phi) is 5.03. The molecule has 0 saturated carbocycles. The van der Waals surface area contributed by atoms with Crippen molar-refractivity contribution >= 4 is 11.4 Å². The molecular formula is C24H26N2. The highest BCUT2D eigenvalue weighted by atomic mass is 15.2. The smallest absolute Gasteiger partial charge is 0.0443 e. The number of para-hydroxylation sites is 2. The van der Waals surface area contributed by atoms with Crippen LogP contribution in [-0.2, 0) is 6.42 Å². The van der Waals surface area contributed by atoms with Crippen LogP contribution in [0.1, 0.15) is 24.1 Å². The molecule has 1 aliphatic rings. The molecule has 1 N–H and O–H groups in total. The van der Waals surface area contributed by atoms with Crippen LogP contribution in [-0.4, -0.2) is 13.1 Å². The Hall–Kier alpha value is -2.58. The second-order valence-corrected chi connectivity index (χ2v) is 7.19. The average molecular weight is 342 g/mol. The van der Waals surface area contributed by atoms with Crippen LogP contribution < -0.4 is 10.2 Å². The Morgan fingerprint density at radius 3 is 2.31 bits per heavy atom. The van der Waals surface area contributed by atoms with E-state index in [-0.39, 0.29) is 0 Å². The number of anilines is 2. The largest absolute Gasteiger partial charge is 0.341 e. The monoisotopic (exact) mass is 342 g/mol. The molecule has 2 heteroatoms. The molecule has 0 saturated heterocycles. The fourth-order valence-corrected chi connectivity index (χ4v) is 3.87. The van der Waals surface area contributed by atoms with Crippen molar-refractivity contribution in [2.45, 2.75) is 19.4 Å². The van der Waals surface area contributed by atoms with Crippen molar-refractivity contribution < 1.29 is 0 Å². The normalized spacial score (nSPS) is 17.6. The molecular weight excluding hydrogens is 316 g/mol. The minimum atomic E-state index is 0.374. The standard InChI is InChI=1S/C24H26N2/c1-19(21-10-4-2-5-11-21)25-17-20-16-22-12-8-9-15-24(22)26(18-20)23-13-6-3-7-14-23/h2-15,19-20,25H,16-18H2,1H3/t19-,20?/m1/s1. The summed E-state index contributed by atoms with van der Waals surface area (Å²) < 4.78 is 0. The lowest BCUT2D eigenvalue weighted by atomic mass is 9.91. The fraction of sp³-hybridized carbons (Fsp3) is 0.250. The molecule has 4 rings (SSSR count). The van der Waals surface area contributed by atoms with Crippen molar-refractivity contribution in [1.29, 1.82) is 0 Å². The summed E-state index contributed by atoms with van der Waals surface area (Å²) in [6.45, 7) is 4.32. The maximum absolute atomic E-state index is 3.74. The minimum absolute atomic E-state index is 0.374. The van der Waals surface area contributed by atoms with Crippen LogP contribution in [0.4, 0.5) is 11.4 Å². The van der Waals surface area contributed by atoms with Gasteiger partial charge >= 0.3 is 0 Å². The predicted octanol–water partition coefficient (Wildman–Crippen LogP) is 5.35. The lowest BCUT2D eigenvalue weighted by Crippen LogP contribution is -2.38. The number of fused-ring (bicyclic) bond motifs is 1. The van der Waals surface area contributed by atoms with E-state index in [4.69, 9.17) is 0 Å². The van der Waals surface area contributed by atoms with Gasteiger partial charge in [-0.25, -0.2) is 0 Å². The maximum atomic E-state index is 3.74. The van der Waals surface area contributed by atoms with Crippen LogP contribution in [0.2, 0.25) is 0 Å². The number of hydrogen-bond donors (Lipinski definition) is 1. The number of hydrogen-bond acceptors (Lipinski definition) is 2. The van der Waals surface area contributed by atoms with Crippen LogP contribution in [0.5, 0.6) is 0 Å². The van der Waals surface area contributed by atoms with Crippen LogP contribution >= 0.6 is 0 Å². The summed E-state index contributed by atoms with van der Waals surface area (Å²) in [4.78, 5) is 2.47. The van der Waals surface area contributed by atoms with Crippen LogP contribution in [0, 0.1) is 5.92 Å². The van der Waals surface area contributed by atoms with Crippen molar-refractivity contribution in [3.8, 4) is 0 Å². The summed E-state index contributed by atoms with van der Waals surface area (Å²) >= 11 is 0. The molecule has 1 heterocycles. The second kappa shape index (κ2) is 7.76. The van der Waals surface area contributed by atoms with E-state index in [1.54, 1.807) is 0 Å². The highest BCUT2D eigenvalue weighted by Gasteiger charge is 2.25.